The Morgan fingerprint density at radius 3 is 2.72 bits per heavy atom. The number of anilines is 1. The molecule has 0 aliphatic heterocycles. The number of rotatable bonds is 4. The van der Waals surface area contributed by atoms with Crippen molar-refractivity contribution < 1.29 is 4.74 Å². The molecule has 0 aromatic carbocycles. The number of nitrogens with zero attached hydrogens (tertiary/aromatic N) is 1. The zero-order valence-electron chi connectivity index (χ0n) is 10.8. The van der Waals surface area contributed by atoms with E-state index in [1.807, 2.05) is 12.3 Å². The molecule has 0 unspecified atom stereocenters. The van der Waals surface area contributed by atoms with Crippen LogP contribution in [0.15, 0.2) is 17.1 Å². The van der Waals surface area contributed by atoms with Crippen molar-refractivity contribution in [1.29, 1.82) is 0 Å². The fourth-order valence-electron chi connectivity index (χ4n) is 2.77. The number of hydrogen-bond donors (Lipinski definition) is 1. The molecule has 2 N–H and O–H groups in total. The first-order chi connectivity index (χ1) is 8.69. The molecule has 4 nitrogen and oxygen atoms in total. The summed E-state index contributed by atoms with van der Waals surface area (Å²) in [6.07, 6.45) is 7.00. The normalized spacial score (nSPS) is 26.9. The molecule has 2 fully saturated rings. The van der Waals surface area contributed by atoms with E-state index >= 15 is 0 Å². The van der Waals surface area contributed by atoms with Crippen LogP contribution < -0.4 is 11.3 Å². The molecule has 0 saturated heterocycles. The van der Waals surface area contributed by atoms with E-state index in [9.17, 15) is 4.79 Å². The molecular formula is C14H20N2O2. The highest BCUT2D eigenvalue weighted by atomic mass is 16.5. The zero-order chi connectivity index (χ0) is 12.7. The molecule has 1 aromatic rings. The lowest BCUT2D eigenvalue weighted by Crippen LogP contribution is -2.38. The maximum absolute atomic E-state index is 12.0. The minimum absolute atomic E-state index is 0.0545. The van der Waals surface area contributed by atoms with E-state index in [4.69, 9.17) is 10.5 Å². The van der Waals surface area contributed by atoms with Crippen molar-refractivity contribution >= 4 is 5.69 Å². The van der Waals surface area contributed by atoms with Crippen molar-refractivity contribution in [2.24, 2.45) is 5.92 Å². The van der Waals surface area contributed by atoms with Crippen LogP contribution in [-0.4, -0.2) is 17.8 Å². The summed E-state index contributed by atoms with van der Waals surface area (Å²) in [6, 6.07) is 1.85. The number of nitrogen functional groups attached to an aromatic ring is 1. The average Bonchev–Trinajstić information content (AvgIpc) is 3.14. The predicted octanol–water partition coefficient (Wildman–Crippen LogP) is 1.73. The number of pyridine rings is 1. The maximum Gasteiger partial charge on any atom is 0.273 e. The van der Waals surface area contributed by atoms with Gasteiger partial charge in [-0.1, -0.05) is 0 Å². The second kappa shape index (κ2) is 4.43. The smallest absolute Gasteiger partial charge is 0.273 e. The molecule has 2 atom stereocenters. The summed E-state index contributed by atoms with van der Waals surface area (Å²) in [4.78, 5) is 12.0. The number of ether oxygens (including phenoxy) is 1. The van der Waals surface area contributed by atoms with Crippen LogP contribution >= 0.6 is 0 Å². The van der Waals surface area contributed by atoms with Crippen LogP contribution in [0.5, 0.6) is 0 Å². The van der Waals surface area contributed by atoms with Gasteiger partial charge in [-0.05, 0) is 43.2 Å². The molecule has 0 bridgehead atoms. The molecule has 0 amide bonds. The molecule has 98 valence electrons. The molecule has 2 aliphatic rings. The molecule has 1 aromatic heterocycles. The highest BCUT2D eigenvalue weighted by Gasteiger charge is 2.32. The molecule has 2 saturated carbocycles. The first-order valence-electron chi connectivity index (χ1n) is 6.71. The highest BCUT2D eigenvalue weighted by Crippen LogP contribution is 2.40. The van der Waals surface area contributed by atoms with Gasteiger partial charge in [0, 0.05) is 25.8 Å². The van der Waals surface area contributed by atoms with Crippen molar-refractivity contribution in [3.63, 3.8) is 0 Å². The van der Waals surface area contributed by atoms with Crippen LogP contribution in [0.3, 0.4) is 0 Å². The molecule has 3 rings (SSSR count). The van der Waals surface area contributed by atoms with Gasteiger partial charge in [-0.25, -0.2) is 0 Å². The largest absolute Gasteiger partial charge is 0.394 e. The van der Waals surface area contributed by atoms with Crippen molar-refractivity contribution in [3.8, 4) is 0 Å². The van der Waals surface area contributed by atoms with E-state index in [1.165, 1.54) is 18.4 Å². The van der Waals surface area contributed by atoms with Gasteiger partial charge in [0.1, 0.15) is 0 Å². The number of nitrogens with two attached hydrogens (primary N) is 1. The van der Waals surface area contributed by atoms with E-state index in [2.05, 4.69) is 0 Å². The summed E-state index contributed by atoms with van der Waals surface area (Å²) >= 11 is 0. The predicted molar refractivity (Wildman–Crippen MR) is 70.6 cm³/mol. The first kappa shape index (κ1) is 11.8. The Balaban J connectivity index is 1.83. The summed E-state index contributed by atoms with van der Waals surface area (Å²) in [6.45, 7) is 0.738. The topological polar surface area (TPSA) is 57.2 Å². The second-order valence-corrected chi connectivity index (χ2v) is 5.57. The summed E-state index contributed by atoms with van der Waals surface area (Å²) in [7, 11) is 1.74. The monoisotopic (exact) mass is 248 g/mol. The van der Waals surface area contributed by atoms with E-state index in [1.54, 1.807) is 11.7 Å². The minimum Gasteiger partial charge on any atom is -0.394 e. The minimum atomic E-state index is -0.0545. The summed E-state index contributed by atoms with van der Waals surface area (Å²) < 4.78 is 7.17. The highest BCUT2D eigenvalue weighted by molar-refractivity contribution is 5.40. The van der Waals surface area contributed by atoms with Crippen molar-refractivity contribution in [2.75, 3.05) is 12.8 Å². The fraction of sp³-hybridized carbons (Fsp3) is 0.643. The van der Waals surface area contributed by atoms with Gasteiger partial charge in [0.25, 0.3) is 5.56 Å². The standard InChI is InChI=1S/C14H20N2O2/c1-18-13-5-4-10(13)7-16-8-11(9-2-3-9)6-12(15)14(16)17/h6,8-10,13H,2-5,7,15H2,1H3/t10-,13-/m0/s1. The Bertz CT molecular complexity index is 503. The maximum atomic E-state index is 12.0. The third-order valence-electron chi connectivity index (χ3n) is 4.27. The quantitative estimate of drug-likeness (QED) is 0.883. The van der Waals surface area contributed by atoms with Gasteiger partial charge in [-0.2, -0.15) is 0 Å². The molecule has 0 radical (unpaired) electrons. The van der Waals surface area contributed by atoms with Gasteiger partial charge in [0.15, 0.2) is 0 Å². The van der Waals surface area contributed by atoms with Gasteiger partial charge in [0.2, 0.25) is 0 Å². The molecular weight excluding hydrogens is 228 g/mol. The third-order valence-corrected chi connectivity index (χ3v) is 4.27. The Hall–Kier alpha value is -1.29. The van der Waals surface area contributed by atoms with Gasteiger partial charge in [-0.15, -0.1) is 0 Å². The Morgan fingerprint density at radius 1 is 1.39 bits per heavy atom. The SMILES string of the molecule is CO[C@H]1CC[C@H]1Cn1cc(C2CC2)cc(N)c1=O. The molecule has 2 aliphatic carbocycles. The van der Waals surface area contributed by atoms with Crippen molar-refractivity contribution in [2.45, 2.75) is 44.2 Å². The summed E-state index contributed by atoms with van der Waals surface area (Å²) in [5.74, 6) is 1.08. The van der Waals surface area contributed by atoms with Gasteiger partial charge in [0.05, 0.1) is 11.8 Å². The van der Waals surface area contributed by atoms with Crippen LogP contribution in [-0.2, 0) is 11.3 Å². The molecule has 4 heteroatoms. The molecule has 18 heavy (non-hydrogen) atoms. The first-order valence-corrected chi connectivity index (χ1v) is 6.71. The van der Waals surface area contributed by atoms with Crippen molar-refractivity contribution in [3.05, 3.63) is 28.2 Å². The van der Waals surface area contributed by atoms with E-state index in [-0.39, 0.29) is 5.56 Å². The van der Waals surface area contributed by atoms with Gasteiger partial charge >= 0.3 is 0 Å². The van der Waals surface area contributed by atoms with Crippen LogP contribution in [0.2, 0.25) is 0 Å². The lowest BCUT2D eigenvalue weighted by molar-refractivity contribution is -0.0236. The van der Waals surface area contributed by atoms with Crippen LogP contribution in [0.1, 0.15) is 37.2 Å². The van der Waals surface area contributed by atoms with Crippen LogP contribution in [0.25, 0.3) is 0 Å². The Kier molecular flexibility index (Phi) is 2.90. The lowest BCUT2D eigenvalue weighted by atomic mass is 9.81. The van der Waals surface area contributed by atoms with Gasteiger partial charge in [-0.3, -0.25) is 4.79 Å². The third kappa shape index (κ3) is 2.05. The lowest BCUT2D eigenvalue weighted by Gasteiger charge is -2.35. The van der Waals surface area contributed by atoms with Crippen LogP contribution in [0, 0.1) is 5.92 Å². The second-order valence-electron chi connectivity index (χ2n) is 5.57. The molecule has 1 heterocycles. The average molecular weight is 248 g/mol. The van der Waals surface area contributed by atoms with E-state index < -0.39 is 0 Å². The van der Waals surface area contributed by atoms with Crippen molar-refractivity contribution in [1.82, 2.24) is 4.57 Å². The van der Waals surface area contributed by atoms with Gasteiger partial charge < -0.3 is 15.0 Å². The van der Waals surface area contributed by atoms with E-state index in [0.717, 1.165) is 19.4 Å². The molecule has 0 spiro atoms. The summed E-state index contributed by atoms with van der Waals surface area (Å²) in [5, 5.41) is 0. The Morgan fingerprint density at radius 2 is 2.17 bits per heavy atom. The summed E-state index contributed by atoms with van der Waals surface area (Å²) in [5.41, 5.74) is 7.38. The zero-order valence-corrected chi connectivity index (χ0v) is 10.8. The fourth-order valence-corrected chi connectivity index (χ4v) is 2.77. The van der Waals surface area contributed by atoms with E-state index in [0.29, 0.717) is 23.6 Å². The Labute approximate surface area is 107 Å². The van der Waals surface area contributed by atoms with Crippen LogP contribution in [0.4, 0.5) is 5.69 Å². The number of aromatic nitrogens is 1. The number of hydrogen-bond acceptors (Lipinski definition) is 3. The number of methoxy groups -OCH3 is 1.